The molecule has 0 saturated carbocycles. The number of carbonyl (C=O) groups excluding carboxylic acids is 2. The first-order chi connectivity index (χ1) is 16.3. The molecule has 182 valence electrons. The molecule has 2 aromatic rings. The number of nitrogens with zero attached hydrogens (tertiary/aromatic N) is 2. The first kappa shape index (κ1) is 25.8. The molecule has 0 aromatic heterocycles. The van der Waals surface area contributed by atoms with E-state index in [0.717, 1.165) is 37.2 Å². The van der Waals surface area contributed by atoms with Crippen molar-refractivity contribution >= 4 is 29.1 Å². The maximum absolute atomic E-state index is 13.2. The van der Waals surface area contributed by atoms with Crippen molar-refractivity contribution in [1.29, 1.82) is 0 Å². The number of amides is 1. The minimum atomic E-state index is -0.684. The number of likely N-dealkylation sites (tertiary alicyclic amines) is 1. The highest BCUT2D eigenvalue weighted by Gasteiger charge is 2.45. The van der Waals surface area contributed by atoms with Gasteiger partial charge in [-0.15, -0.1) is 0 Å². The highest BCUT2D eigenvalue weighted by Crippen LogP contribution is 2.40. The van der Waals surface area contributed by atoms with Crippen molar-refractivity contribution in [3.63, 3.8) is 0 Å². The Bertz CT molecular complexity index is 1060. The molecule has 3 rings (SSSR count). The SMILES string of the molecule is CCOc1ccc(/C(O)=C2\C(=O)C(=O)N(CCCN(CC)CC)[C@@H]2c2ccc(C)cc2)cc1Cl. The van der Waals surface area contributed by atoms with Crippen LogP contribution in [-0.2, 0) is 9.59 Å². The van der Waals surface area contributed by atoms with E-state index in [1.54, 1.807) is 23.1 Å². The largest absolute Gasteiger partial charge is 0.507 e. The lowest BCUT2D eigenvalue weighted by Gasteiger charge is -2.27. The van der Waals surface area contributed by atoms with Gasteiger partial charge in [-0.25, -0.2) is 0 Å². The van der Waals surface area contributed by atoms with Crippen LogP contribution in [-0.4, -0.2) is 59.4 Å². The minimum Gasteiger partial charge on any atom is -0.507 e. The molecule has 34 heavy (non-hydrogen) atoms. The third-order valence-corrected chi connectivity index (χ3v) is 6.50. The van der Waals surface area contributed by atoms with Crippen LogP contribution in [0, 0.1) is 6.92 Å². The zero-order chi connectivity index (χ0) is 24.8. The number of aliphatic hydroxyl groups excluding tert-OH is 1. The van der Waals surface area contributed by atoms with E-state index in [1.807, 2.05) is 38.1 Å². The van der Waals surface area contributed by atoms with Gasteiger partial charge < -0.3 is 19.6 Å². The Morgan fingerprint density at radius 1 is 1.09 bits per heavy atom. The molecule has 0 radical (unpaired) electrons. The number of aryl methyl sites for hydroxylation is 1. The zero-order valence-corrected chi connectivity index (χ0v) is 21.1. The highest BCUT2D eigenvalue weighted by atomic mass is 35.5. The fourth-order valence-corrected chi connectivity index (χ4v) is 4.52. The normalized spacial score (nSPS) is 17.6. The summed E-state index contributed by atoms with van der Waals surface area (Å²) in [7, 11) is 0. The summed E-state index contributed by atoms with van der Waals surface area (Å²) >= 11 is 6.32. The number of aliphatic hydroxyl groups is 1. The number of hydrogen-bond donors (Lipinski definition) is 1. The summed E-state index contributed by atoms with van der Waals surface area (Å²) in [6.45, 7) is 11.6. The van der Waals surface area contributed by atoms with Crippen molar-refractivity contribution in [1.82, 2.24) is 9.80 Å². The number of halogens is 1. The van der Waals surface area contributed by atoms with Gasteiger partial charge in [-0.3, -0.25) is 9.59 Å². The van der Waals surface area contributed by atoms with Gasteiger partial charge in [0.05, 0.1) is 23.2 Å². The summed E-state index contributed by atoms with van der Waals surface area (Å²) in [6.07, 6.45) is 0.728. The number of Topliss-reactive ketones (excluding diaryl/α,β-unsaturated/α-hetero) is 1. The predicted molar refractivity (Wildman–Crippen MR) is 135 cm³/mol. The van der Waals surface area contributed by atoms with E-state index in [4.69, 9.17) is 16.3 Å². The fourth-order valence-electron chi connectivity index (χ4n) is 4.29. The lowest BCUT2D eigenvalue weighted by atomic mass is 9.94. The van der Waals surface area contributed by atoms with Crippen molar-refractivity contribution in [2.24, 2.45) is 0 Å². The predicted octanol–water partition coefficient (Wildman–Crippen LogP) is 5.20. The third kappa shape index (κ3) is 5.45. The number of ether oxygens (including phenoxy) is 1. The van der Waals surface area contributed by atoms with E-state index in [1.165, 1.54) is 0 Å². The Kier molecular flexibility index (Phi) is 8.75. The molecule has 0 aliphatic carbocycles. The summed E-state index contributed by atoms with van der Waals surface area (Å²) in [5, 5.41) is 11.5. The second-order valence-electron chi connectivity index (χ2n) is 8.36. The smallest absolute Gasteiger partial charge is 0.295 e. The Labute approximate surface area is 206 Å². The first-order valence-electron chi connectivity index (χ1n) is 11.8. The van der Waals surface area contributed by atoms with E-state index < -0.39 is 17.7 Å². The van der Waals surface area contributed by atoms with Gasteiger partial charge in [0.1, 0.15) is 11.5 Å². The molecule has 1 saturated heterocycles. The average Bonchev–Trinajstić information content (AvgIpc) is 3.08. The molecular weight excluding hydrogens is 452 g/mol. The maximum Gasteiger partial charge on any atom is 0.295 e. The molecule has 7 heteroatoms. The molecule has 1 aliphatic heterocycles. The topological polar surface area (TPSA) is 70.1 Å². The summed E-state index contributed by atoms with van der Waals surface area (Å²) in [5.74, 6) is -1.02. The molecule has 0 unspecified atom stereocenters. The van der Waals surface area contributed by atoms with Crippen molar-refractivity contribution in [3.8, 4) is 5.75 Å². The number of benzene rings is 2. The van der Waals surface area contributed by atoms with Crippen LogP contribution in [0.4, 0.5) is 0 Å². The van der Waals surface area contributed by atoms with Crippen molar-refractivity contribution in [2.45, 2.75) is 40.2 Å². The van der Waals surface area contributed by atoms with Gasteiger partial charge in [0.2, 0.25) is 0 Å². The molecule has 0 bridgehead atoms. The van der Waals surface area contributed by atoms with E-state index >= 15 is 0 Å². The second-order valence-corrected chi connectivity index (χ2v) is 8.77. The molecule has 0 spiro atoms. The van der Waals surface area contributed by atoms with Crippen LogP contribution in [0.5, 0.6) is 5.75 Å². The average molecular weight is 485 g/mol. The standard InChI is InChI=1S/C27H33ClN2O4/c1-5-29(6-2)15-8-16-30-24(19-11-9-18(4)10-12-19)23(26(32)27(30)33)25(31)20-13-14-22(34-7-3)21(28)17-20/h9-14,17,24,31H,5-8,15-16H2,1-4H3/b25-23+/t24-/m1/s1. The Hall–Kier alpha value is -2.83. The van der Waals surface area contributed by atoms with E-state index in [9.17, 15) is 14.7 Å². The number of rotatable bonds is 10. The van der Waals surface area contributed by atoms with E-state index in [0.29, 0.717) is 29.5 Å². The summed E-state index contributed by atoms with van der Waals surface area (Å²) in [5.41, 5.74) is 2.30. The second kappa shape index (κ2) is 11.5. The Morgan fingerprint density at radius 2 is 1.76 bits per heavy atom. The van der Waals surface area contributed by atoms with Crippen LogP contribution < -0.4 is 4.74 Å². The lowest BCUT2D eigenvalue weighted by molar-refractivity contribution is -0.140. The van der Waals surface area contributed by atoms with E-state index in [2.05, 4.69) is 18.7 Å². The number of carbonyl (C=O) groups is 2. The quantitative estimate of drug-likeness (QED) is 0.285. The number of hydrogen-bond acceptors (Lipinski definition) is 5. The van der Waals surface area contributed by atoms with Gasteiger partial charge in [-0.05, 0) is 63.7 Å². The van der Waals surface area contributed by atoms with Gasteiger partial charge in [0.15, 0.2) is 0 Å². The van der Waals surface area contributed by atoms with Gasteiger partial charge in [-0.2, -0.15) is 0 Å². The van der Waals surface area contributed by atoms with Gasteiger partial charge in [0, 0.05) is 12.1 Å². The summed E-state index contributed by atoms with van der Waals surface area (Å²) in [6, 6.07) is 11.9. The van der Waals surface area contributed by atoms with Crippen molar-refractivity contribution in [2.75, 3.05) is 32.8 Å². The highest BCUT2D eigenvalue weighted by molar-refractivity contribution is 6.46. The molecule has 2 aromatic carbocycles. The third-order valence-electron chi connectivity index (χ3n) is 6.21. The van der Waals surface area contributed by atoms with Gasteiger partial charge >= 0.3 is 0 Å². The molecule has 1 amide bonds. The molecule has 1 N–H and O–H groups in total. The Morgan fingerprint density at radius 3 is 2.35 bits per heavy atom. The maximum atomic E-state index is 13.2. The molecule has 1 heterocycles. The van der Waals surface area contributed by atoms with Crippen LogP contribution in [0.1, 0.15) is 49.9 Å². The first-order valence-corrected chi connectivity index (χ1v) is 12.2. The van der Waals surface area contributed by atoms with E-state index in [-0.39, 0.29) is 11.3 Å². The van der Waals surface area contributed by atoms with Crippen molar-refractivity contribution < 1.29 is 19.4 Å². The monoisotopic (exact) mass is 484 g/mol. The molecule has 1 fully saturated rings. The van der Waals surface area contributed by atoms with Crippen LogP contribution >= 0.6 is 11.6 Å². The molecule has 6 nitrogen and oxygen atoms in total. The van der Waals surface area contributed by atoms with Crippen molar-refractivity contribution in [3.05, 3.63) is 69.8 Å². The van der Waals surface area contributed by atoms with Crippen LogP contribution in [0.2, 0.25) is 5.02 Å². The molecule has 1 atom stereocenters. The van der Waals surface area contributed by atoms with Gasteiger partial charge in [0.25, 0.3) is 11.7 Å². The van der Waals surface area contributed by atoms with Crippen LogP contribution in [0.15, 0.2) is 48.0 Å². The fraction of sp³-hybridized carbons (Fsp3) is 0.407. The Balaban J connectivity index is 2.03. The van der Waals surface area contributed by atoms with Gasteiger partial charge in [-0.1, -0.05) is 55.3 Å². The lowest BCUT2D eigenvalue weighted by Crippen LogP contribution is -2.33. The minimum absolute atomic E-state index is 0.0805. The summed E-state index contributed by atoms with van der Waals surface area (Å²) < 4.78 is 5.47. The summed E-state index contributed by atoms with van der Waals surface area (Å²) in [4.78, 5) is 30.1. The number of ketones is 1. The zero-order valence-electron chi connectivity index (χ0n) is 20.3. The molecular formula is C27H33ClN2O4. The molecule has 1 aliphatic rings. The van der Waals surface area contributed by atoms with Crippen LogP contribution in [0.25, 0.3) is 5.76 Å². The van der Waals surface area contributed by atoms with Crippen LogP contribution in [0.3, 0.4) is 0 Å².